The van der Waals surface area contributed by atoms with Crippen LogP contribution < -0.4 is 0 Å². The maximum atomic E-state index is 13.8. The molecule has 1 saturated heterocycles. The Morgan fingerprint density at radius 1 is 1.03 bits per heavy atom. The molecule has 3 unspecified atom stereocenters. The van der Waals surface area contributed by atoms with Gasteiger partial charge in [0.15, 0.2) is 6.29 Å². The van der Waals surface area contributed by atoms with Gasteiger partial charge in [-0.1, -0.05) is 63.1 Å². The first-order valence-corrected chi connectivity index (χ1v) is 12.2. The van der Waals surface area contributed by atoms with Gasteiger partial charge in [-0.2, -0.15) is 0 Å². The Labute approximate surface area is 181 Å². The molecule has 164 valence electrons. The van der Waals surface area contributed by atoms with Gasteiger partial charge in [0.25, 0.3) is 0 Å². The Balaban J connectivity index is 1.38. The maximum absolute atomic E-state index is 13.8. The molecule has 2 nitrogen and oxygen atoms in total. The van der Waals surface area contributed by atoms with Gasteiger partial charge in [0.2, 0.25) is 0 Å². The lowest BCUT2D eigenvalue weighted by molar-refractivity contribution is -0.257. The second-order valence-electron chi connectivity index (χ2n) is 9.14. The molecule has 0 radical (unpaired) electrons. The monoisotopic (exact) mass is 424 g/mol. The SMILES string of the molecule is CCCCCCCCC1COC(C2CCC(c3ccc(Cl)c(F)c3)CC2)OC1C. The van der Waals surface area contributed by atoms with Gasteiger partial charge < -0.3 is 9.47 Å². The quantitative estimate of drug-likeness (QED) is 0.375. The molecule has 1 heterocycles. The van der Waals surface area contributed by atoms with Crippen LogP contribution in [0.1, 0.15) is 96.0 Å². The molecular weight excluding hydrogens is 387 g/mol. The molecular formula is C25H38ClFO2. The third-order valence-corrected chi connectivity index (χ3v) is 7.29. The number of benzene rings is 1. The number of ether oxygens (including phenoxy) is 2. The van der Waals surface area contributed by atoms with E-state index in [1.165, 1.54) is 44.9 Å². The minimum Gasteiger partial charge on any atom is -0.352 e. The van der Waals surface area contributed by atoms with Crippen molar-refractivity contribution < 1.29 is 13.9 Å². The van der Waals surface area contributed by atoms with Crippen LogP contribution in [-0.4, -0.2) is 19.0 Å². The molecule has 1 aromatic carbocycles. The zero-order valence-electron chi connectivity index (χ0n) is 18.2. The summed E-state index contributed by atoms with van der Waals surface area (Å²) in [7, 11) is 0. The molecule has 0 bridgehead atoms. The van der Waals surface area contributed by atoms with E-state index < -0.39 is 0 Å². The van der Waals surface area contributed by atoms with Gasteiger partial charge in [-0.15, -0.1) is 0 Å². The second-order valence-corrected chi connectivity index (χ2v) is 9.55. The molecule has 2 fully saturated rings. The highest BCUT2D eigenvalue weighted by Gasteiger charge is 2.35. The van der Waals surface area contributed by atoms with E-state index in [9.17, 15) is 4.39 Å². The van der Waals surface area contributed by atoms with E-state index in [0.717, 1.165) is 37.9 Å². The fraction of sp³-hybridized carbons (Fsp3) is 0.760. The van der Waals surface area contributed by atoms with Gasteiger partial charge in [0.1, 0.15) is 5.82 Å². The fourth-order valence-corrected chi connectivity index (χ4v) is 5.08. The fourth-order valence-electron chi connectivity index (χ4n) is 4.96. The number of halogens is 2. The van der Waals surface area contributed by atoms with Gasteiger partial charge in [-0.3, -0.25) is 0 Å². The molecule has 1 aromatic rings. The first kappa shape index (κ1) is 23.0. The van der Waals surface area contributed by atoms with Crippen molar-refractivity contribution in [1.29, 1.82) is 0 Å². The molecule has 3 atom stereocenters. The summed E-state index contributed by atoms with van der Waals surface area (Å²) >= 11 is 5.82. The molecule has 3 rings (SSSR count). The van der Waals surface area contributed by atoms with E-state index in [1.807, 2.05) is 6.07 Å². The van der Waals surface area contributed by atoms with Crippen molar-refractivity contribution >= 4 is 11.6 Å². The molecule has 0 amide bonds. The molecule has 1 aliphatic carbocycles. The zero-order valence-corrected chi connectivity index (χ0v) is 18.9. The smallest absolute Gasteiger partial charge is 0.160 e. The summed E-state index contributed by atoms with van der Waals surface area (Å²) < 4.78 is 26.3. The zero-order chi connectivity index (χ0) is 20.6. The summed E-state index contributed by atoms with van der Waals surface area (Å²) in [6, 6.07) is 5.26. The summed E-state index contributed by atoms with van der Waals surface area (Å²) in [5, 5.41) is 0.205. The van der Waals surface area contributed by atoms with Gasteiger partial charge >= 0.3 is 0 Å². The van der Waals surface area contributed by atoms with Crippen molar-refractivity contribution in [3.05, 3.63) is 34.6 Å². The Bertz CT molecular complexity index is 615. The van der Waals surface area contributed by atoms with Gasteiger partial charge in [0, 0.05) is 11.8 Å². The predicted molar refractivity (Wildman–Crippen MR) is 118 cm³/mol. The molecule has 2 aliphatic rings. The second kappa shape index (κ2) is 11.7. The number of unbranched alkanes of at least 4 members (excludes halogenated alkanes) is 5. The van der Waals surface area contributed by atoms with Gasteiger partial charge in [-0.25, -0.2) is 4.39 Å². The highest BCUT2D eigenvalue weighted by Crippen LogP contribution is 2.40. The average molecular weight is 425 g/mol. The van der Waals surface area contributed by atoms with Crippen LogP contribution in [0.2, 0.25) is 5.02 Å². The lowest BCUT2D eigenvalue weighted by Gasteiger charge is -2.40. The molecule has 1 saturated carbocycles. The lowest BCUT2D eigenvalue weighted by Crippen LogP contribution is -2.42. The third kappa shape index (κ3) is 6.67. The predicted octanol–water partition coefficient (Wildman–Crippen LogP) is 7.88. The molecule has 4 heteroatoms. The highest BCUT2D eigenvalue weighted by atomic mass is 35.5. The summed E-state index contributed by atoms with van der Waals surface area (Å²) in [4.78, 5) is 0. The Hall–Kier alpha value is -0.640. The van der Waals surface area contributed by atoms with Gasteiger partial charge in [-0.05, 0) is 62.6 Å². The Kier molecular flexibility index (Phi) is 9.27. The largest absolute Gasteiger partial charge is 0.352 e. The maximum Gasteiger partial charge on any atom is 0.160 e. The van der Waals surface area contributed by atoms with Crippen molar-refractivity contribution in [2.24, 2.45) is 11.8 Å². The van der Waals surface area contributed by atoms with Crippen molar-refractivity contribution in [3.8, 4) is 0 Å². The Morgan fingerprint density at radius 2 is 1.76 bits per heavy atom. The van der Waals surface area contributed by atoms with Crippen molar-refractivity contribution in [3.63, 3.8) is 0 Å². The molecule has 29 heavy (non-hydrogen) atoms. The van der Waals surface area contributed by atoms with Crippen LogP contribution in [0.15, 0.2) is 18.2 Å². The molecule has 0 aromatic heterocycles. The topological polar surface area (TPSA) is 18.5 Å². The lowest BCUT2D eigenvalue weighted by atomic mass is 9.78. The van der Waals surface area contributed by atoms with Crippen LogP contribution in [0.25, 0.3) is 0 Å². The Morgan fingerprint density at radius 3 is 2.45 bits per heavy atom. The summed E-state index contributed by atoms with van der Waals surface area (Å²) in [5.74, 6) is 1.10. The van der Waals surface area contributed by atoms with Crippen LogP contribution >= 0.6 is 11.6 Å². The van der Waals surface area contributed by atoms with E-state index in [1.54, 1.807) is 12.1 Å². The van der Waals surface area contributed by atoms with Crippen LogP contribution in [0.5, 0.6) is 0 Å². The molecule has 0 spiro atoms. The third-order valence-electron chi connectivity index (χ3n) is 6.99. The summed E-state index contributed by atoms with van der Waals surface area (Å²) in [6.45, 7) is 5.32. The average Bonchev–Trinajstić information content (AvgIpc) is 2.73. The van der Waals surface area contributed by atoms with Crippen LogP contribution in [-0.2, 0) is 9.47 Å². The number of hydrogen-bond acceptors (Lipinski definition) is 2. The first-order valence-electron chi connectivity index (χ1n) is 11.8. The van der Waals surface area contributed by atoms with Crippen LogP contribution in [0, 0.1) is 17.7 Å². The molecule has 0 N–H and O–H groups in total. The number of rotatable bonds is 9. The van der Waals surface area contributed by atoms with Crippen molar-refractivity contribution in [2.45, 2.75) is 103 Å². The summed E-state index contributed by atoms with van der Waals surface area (Å²) in [6.07, 6.45) is 13.7. The minimum absolute atomic E-state index is 0.0614. The highest BCUT2D eigenvalue weighted by molar-refractivity contribution is 6.30. The van der Waals surface area contributed by atoms with Gasteiger partial charge in [0.05, 0.1) is 17.7 Å². The molecule has 1 aliphatic heterocycles. The van der Waals surface area contributed by atoms with E-state index in [2.05, 4.69) is 13.8 Å². The van der Waals surface area contributed by atoms with Crippen LogP contribution in [0.3, 0.4) is 0 Å². The van der Waals surface area contributed by atoms with E-state index in [0.29, 0.717) is 17.8 Å². The van der Waals surface area contributed by atoms with Crippen molar-refractivity contribution in [2.75, 3.05) is 6.61 Å². The van der Waals surface area contributed by atoms with E-state index in [4.69, 9.17) is 21.1 Å². The number of hydrogen-bond donors (Lipinski definition) is 0. The summed E-state index contributed by atoms with van der Waals surface area (Å²) in [5.41, 5.74) is 1.07. The standard InChI is InChI=1S/C25H38ClFO2/c1-3-4-5-6-7-8-9-22-17-28-25(29-18(22)2)20-12-10-19(11-13-20)21-14-15-23(26)24(27)16-21/h14-16,18-20,22,25H,3-13,17H2,1-2H3. The van der Waals surface area contributed by atoms with Crippen molar-refractivity contribution in [1.82, 2.24) is 0 Å². The first-order chi connectivity index (χ1) is 14.1. The minimum atomic E-state index is -0.310. The van der Waals surface area contributed by atoms with Crippen LogP contribution in [0.4, 0.5) is 4.39 Å². The normalized spacial score (nSPS) is 30.4. The van der Waals surface area contributed by atoms with E-state index >= 15 is 0 Å². The van der Waals surface area contributed by atoms with E-state index in [-0.39, 0.29) is 23.2 Å².